The van der Waals surface area contributed by atoms with Gasteiger partial charge in [-0.2, -0.15) is 0 Å². The maximum atomic E-state index is 11.6. The number of ether oxygens (including phenoxy) is 2. The maximum Gasteiger partial charge on any atom is 0.408 e. The van der Waals surface area contributed by atoms with Crippen LogP contribution in [0.4, 0.5) is 4.79 Å². The molecule has 0 spiro atoms. The molecular formula is C13H18N2O6S. The molecule has 0 aliphatic heterocycles. The van der Waals surface area contributed by atoms with Crippen molar-refractivity contribution in [1.82, 2.24) is 5.32 Å². The predicted molar refractivity (Wildman–Crippen MR) is 78.2 cm³/mol. The second-order valence-corrected chi connectivity index (χ2v) is 6.00. The molecule has 3 N–H and O–H groups in total. The smallest absolute Gasteiger partial charge is 0.408 e. The molecule has 0 saturated heterocycles. The standard InChI is InChI=1S/C13H18N2O6S/c1-2-20-12(16)11(9-22(14,18)19)15-13(17)21-8-10-6-4-3-5-7-10/h3-7,11H,2,8-9H2,1H3,(H,15,17)(H2,14,18,19)/t11-/m1/s1. The molecule has 0 aliphatic rings. The minimum Gasteiger partial charge on any atom is -0.464 e. The first-order valence-corrected chi connectivity index (χ1v) is 8.17. The van der Waals surface area contributed by atoms with Crippen LogP contribution in [0.25, 0.3) is 0 Å². The summed E-state index contributed by atoms with van der Waals surface area (Å²) < 4.78 is 31.8. The highest BCUT2D eigenvalue weighted by molar-refractivity contribution is 7.89. The van der Waals surface area contributed by atoms with Gasteiger partial charge >= 0.3 is 12.1 Å². The minimum atomic E-state index is -3.97. The van der Waals surface area contributed by atoms with Crippen LogP contribution in [0.15, 0.2) is 30.3 Å². The minimum absolute atomic E-state index is 0.0163. The molecule has 0 saturated carbocycles. The second-order valence-electron chi connectivity index (χ2n) is 4.34. The third-order valence-corrected chi connectivity index (χ3v) is 3.27. The number of rotatable bonds is 7. The molecule has 0 radical (unpaired) electrons. The summed E-state index contributed by atoms with van der Waals surface area (Å²) in [5.41, 5.74) is 0.747. The number of carbonyl (C=O) groups is 2. The normalized spacial score (nSPS) is 12.3. The van der Waals surface area contributed by atoms with E-state index in [-0.39, 0.29) is 13.2 Å². The van der Waals surface area contributed by atoms with E-state index in [9.17, 15) is 18.0 Å². The molecule has 22 heavy (non-hydrogen) atoms. The van der Waals surface area contributed by atoms with Gasteiger partial charge in [0.05, 0.1) is 12.4 Å². The van der Waals surface area contributed by atoms with Gasteiger partial charge in [-0.3, -0.25) is 0 Å². The molecule has 8 nitrogen and oxygen atoms in total. The number of hydrogen-bond donors (Lipinski definition) is 2. The van der Waals surface area contributed by atoms with Crippen molar-refractivity contribution in [3.63, 3.8) is 0 Å². The zero-order valence-electron chi connectivity index (χ0n) is 12.0. The summed E-state index contributed by atoms with van der Waals surface area (Å²) in [5, 5.41) is 7.02. The van der Waals surface area contributed by atoms with Gasteiger partial charge in [-0.05, 0) is 12.5 Å². The number of amides is 1. The number of esters is 1. The third kappa shape index (κ3) is 7.04. The zero-order chi connectivity index (χ0) is 16.6. The molecule has 1 atom stereocenters. The van der Waals surface area contributed by atoms with Crippen LogP contribution in [0.5, 0.6) is 0 Å². The second kappa shape index (κ2) is 8.35. The lowest BCUT2D eigenvalue weighted by Gasteiger charge is -2.16. The van der Waals surface area contributed by atoms with Crippen LogP contribution in [-0.4, -0.2) is 38.9 Å². The SMILES string of the molecule is CCOC(=O)[C@@H](CS(N)(=O)=O)NC(=O)OCc1ccccc1. The summed E-state index contributed by atoms with van der Waals surface area (Å²) in [6.07, 6.45) is -0.939. The zero-order valence-corrected chi connectivity index (χ0v) is 12.8. The highest BCUT2D eigenvalue weighted by atomic mass is 32.2. The van der Waals surface area contributed by atoms with E-state index < -0.39 is 33.9 Å². The van der Waals surface area contributed by atoms with Crippen molar-refractivity contribution in [1.29, 1.82) is 0 Å². The molecule has 1 aromatic rings. The van der Waals surface area contributed by atoms with Crippen molar-refractivity contribution in [2.45, 2.75) is 19.6 Å². The average molecular weight is 330 g/mol. The van der Waals surface area contributed by atoms with E-state index in [4.69, 9.17) is 9.88 Å². The number of carbonyl (C=O) groups excluding carboxylic acids is 2. The molecule has 1 amide bonds. The number of alkyl carbamates (subject to hydrolysis) is 1. The van der Waals surface area contributed by atoms with Crippen molar-refractivity contribution in [3.8, 4) is 0 Å². The Kier molecular flexibility index (Phi) is 6.80. The molecule has 0 aliphatic carbocycles. The molecule has 122 valence electrons. The number of sulfonamides is 1. The number of benzene rings is 1. The van der Waals surface area contributed by atoms with Gasteiger partial charge in [0.1, 0.15) is 12.6 Å². The van der Waals surface area contributed by atoms with Gasteiger partial charge in [-0.25, -0.2) is 23.1 Å². The summed E-state index contributed by atoms with van der Waals surface area (Å²) in [6, 6.07) is 7.45. The maximum absolute atomic E-state index is 11.6. The van der Waals surface area contributed by atoms with Crippen molar-refractivity contribution >= 4 is 22.1 Å². The molecule has 0 heterocycles. The van der Waals surface area contributed by atoms with Crippen molar-refractivity contribution in [2.24, 2.45) is 5.14 Å². The lowest BCUT2D eigenvalue weighted by molar-refractivity contribution is -0.144. The van der Waals surface area contributed by atoms with E-state index in [1.54, 1.807) is 31.2 Å². The largest absolute Gasteiger partial charge is 0.464 e. The Morgan fingerprint density at radius 3 is 2.41 bits per heavy atom. The van der Waals surface area contributed by atoms with E-state index in [1.807, 2.05) is 6.07 Å². The molecule has 0 aromatic heterocycles. The van der Waals surface area contributed by atoms with Gasteiger partial charge < -0.3 is 14.8 Å². The van der Waals surface area contributed by atoms with E-state index in [2.05, 4.69) is 10.1 Å². The van der Waals surface area contributed by atoms with Crippen LogP contribution in [0.3, 0.4) is 0 Å². The molecule has 1 aromatic carbocycles. The Balaban J connectivity index is 2.60. The van der Waals surface area contributed by atoms with Crippen LogP contribution in [0.2, 0.25) is 0 Å². The first-order valence-electron chi connectivity index (χ1n) is 6.46. The first-order chi connectivity index (χ1) is 10.3. The van der Waals surface area contributed by atoms with Crippen LogP contribution in [0, 0.1) is 0 Å². The van der Waals surface area contributed by atoms with Gasteiger partial charge in [0.15, 0.2) is 0 Å². The van der Waals surface area contributed by atoms with E-state index in [1.165, 1.54) is 0 Å². The average Bonchev–Trinajstić information content (AvgIpc) is 2.44. The number of hydrogen-bond acceptors (Lipinski definition) is 6. The molecule has 1 rings (SSSR count). The molecule has 9 heteroatoms. The summed E-state index contributed by atoms with van der Waals surface area (Å²) in [7, 11) is -3.97. The van der Waals surface area contributed by atoms with Crippen LogP contribution >= 0.6 is 0 Å². The third-order valence-electron chi connectivity index (χ3n) is 2.47. The van der Waals surface area contributed by atoms with Gasteiger partial charge in [0.25, 0.3) is 0 Å². The van der Waals surface area contributed by atoms with Crippen LogP contribution in [-0.2, 0) is 30.9 Å². The highest BCUT2D eigenvalue weighted by Crippen LogP contribution is 2.01. The number of nitrogens with one attached hydrogen (secondary N) is 1. The van der Waals surface area contributed by atoms with E-state index in [0.717, 1.165) is 5.56 Å². The van der Waals surface area contributed by atoms with Gasteiger partial charge in [0.2, 0.25) is 10.0 Å². The number of nitrogens with two attached hydrogens (primary N) is 1. The number of primary sulfonamides is 1. The predicted octanol–water partition coefficient (Wildman–Crippen LogP) is 0.133. The Morgan fingerprint density at radius 2 is 1.86 bits per heavy atom. The van der Waals surface area contributed by atoms with Crippen LogP contribution < -0.4 is 10.5 Å². The molecule has 0 fully saturated rings. The highest BCUT2D eigenvalue weighted by Gasteiger charge is 2.27. The lowest BCUT2D eigenvalue weighted by atomic mass is 10.2. The fourth-order valence-corrected chi connectivity index (χ4v) is 2.23. The van der Waals surface area contributed by atoms with Crippen molar-refractivity contribution < 1.29 is 27.5 Å². The van der Waals surface area contributed by atoms with Crippen molar-refractivity contribution in [3.05, 3.63) is 35.9 Å². The summed E-state index contributed by atoms with van der Waals surface area (Å²) in [6.45, 7) is 1.58. The Morgan fingerprint density at radius 1 is 1.23 bits per heavy atom. The summed E-state index contributed by atoms with van der Waals surface area (Å²) in [4.78, 5) is 23.3. The van der Waals surface area contributed by atoms with E-state index in [0.29, 0.717) is 0 Å². The van der Waals surface area contributed by atoms with Crippen LogP contribution in [0.1, 0.15) is 12.5 Å². The fraction of sp³-hybridized carbons (Fsp3) is 0.385. The lowest BCUT2D eigenvalue weighted by Crippen LogP contribution is -2.47. The summed E-state index contributed by atoms with van der Waals surface area (Å²) in [5.74, 6) is -1.67. The van der Waals surface area contributed by atoms with Gasteiger partial charge in [0, 0.05) is 0 Å². The van der Waals surface area contributed by atoms with Crippen molar-refractivity contribution in [2.75, 3.05) is 12.4 Å². The fourth-order valence-electron chi connectivity index (χ4n) is 1.55. The van der Waals surface area contributed by atoms with Gasteiger partial charge in [-0.1, -0.05) is 30.3 Å². The Hall–Kier alpha value is -2.13. The Labute approximate surface area is 128 Å². The summed E-state index contributed by atoms with van der Waals surface area (Å²) >= 11 is 0. The molecular weight excluding hydrogens is 312 g/mol. The topological polar surface area (TPSA) is 125 Å². The molecule has 0 unspecified atom stereocenters. The monoisotopic (exact) mass is 330 g/mol. The molecule has 0 bridgehead atoms. The van der Waals surface area contributed by atoms with Gasteiger partial charge in [-0.15, -0.1) is 0 Å². The first kappa shape index (κ1) is 17.9. The Bertz CT molecular complexity index is 602. The quantitative estimate of drug-likeness (QED) is 0.685. The van der Waals surface area contributed by atoms with E-state index >= 15 is 0 Å².